The number of nitrogens with one attached hydrogen (secondary N) is 1. The number of hydrogen-bond donors (Lipinski definition) is 1. The molecule has 1 unspecified atom stereocenters. The first kappa shape index (κ1) is 13.9. The van der Waals surface area contributed by atoms with Crippen LogP contribution >= 0.6 is 0 Å². The maximum absolute atomic E-state index is 5.75. The van der Waals surface area contributed by atoms with Crippen LogP contribution in [0.1, 0.15) is 57.6 Å². The topological polar surface area (TPSA) is 21.3 Å². The molecule has 1 N–H and O–H groups in total. The first-order valence-corrected chi connectivity index (χ1v) is 8.22. The molecule has 0 amide bonds. The van der Waals surface area contributed by atoms with E-state index in [0.29, 0.717) is 12.1 Å². The van der Waals surface area contributed by atoms with Gasteiger partial charge in [0.05, 0.1) is 6.61 Å². The van der Waals surface area contributed by atoms with Gasteiger partial charge in [-0.3, -0.25) is 0 Å². The van der Waals surface area contributed by atoms with Crippen molar-refractivity contribution in [2.24, 2.45) is 11.8 Å². The molecule has 20 heavy (non-hydrogen) atoms. The molecule has 0 saturated heterocycles. The molecule has 1 heterocycles. The van der Waals surface area contributed by atoms with Crippen LogP contribution in [0, 0.1) is 11.8 Å². The van der Waals surface area contributed by atoms with Crippen LogP contribution in [-0.2, 0) is 0 Å². The molecule has 0 spiro atoms. The molecule has 1 fully saturated rings. The van der Waals surface area contributed by atoms with Gasteiger partial charge in [-0.05, 0) is 43.6 Å². The molecular weight excluding hydrogens is 246 g/mol. The van der Waals surface area contributed by atoms with Crippen LogP contribution in [-0.4, -0.2) is 12.6 Å². The van der Waals surface area contributed by atoms with Gasteiger partial charge in [0, 0.05) is 24.1 Å². The lowest BCUT2D eigenvalue weighted by Crippen LogP contribution is -2.38. The van der Waals surface area contributed by atoms with E-state index in [2.05, 4.69) is 43.4 Å². The standard InChI is InChI=1S/C18H27NO/c1-13(2)14-7-9-15(10-8-14)19-17-11-12-20-18-6-4-3-5-16(17)18/h3-6,13-15,17,19H,7-12H2,1-2H3. The molecule has 2 nitrogen and oxygen atoms in total. The van der Waals surface area contributed by atoms with E-state index in [1.807, 2.05) is 0 Å². The van der Waals surface area contributed by atoms with Gasteiger partial charge < -0.3 is 10.1 Å². The summed E-state index contributed by atoms with van der Waals surface area (Å²) in [5.74, 6) is 2.86. The van der Waals surface area contributed by atoms with E-state index in [1.54, 1.807) is 0 Å². The summed E-state index contributed by atoms with van der Waals surface area (Å²) in [5, 5.41) is 3.89. The summed E-state index contributed by atoms with van der Waals surface area (Å²) in [6.45, 7) is 5.58. The SMILES string of the molecule is CC(C)C1CCC(NC2CCOc3ccccc32)CC1. The molecule has 110 valence electrons. The first-order chi connectivity index (χ1) is 9.74. The van der Waals surface area contributed by atoms with Gasteiger partial charge >= 0.3 is 0 Å². The van der Waals surface area contributed by atoms with E-state index in [1.165, 1.54) is 31.2 Å². The van der Waals surface area contributed by atoms with Gasteiger partial charge in [-0.2, -0.15) is 0 Å². The molecule has 2 aliphatic rings. The van der Waals surface area contributed by atoms with Crippen molar-refractivity contribution in [3.8, 4) is 5.75 Å². The fourth-order valence-corrected chi connectivity index (χ4v) is 3.75. The largest absolute Gasteiger partial charge is 0.493 e. The van der Waals surface area contributed by atoms with Crippen molar-refractivity contribution >= 4 is 0 Å². The fourth-order valence-electron chi connectivity index (χ4n) is 3.75. The highest BCUT2D eigenvalue weighted by molar-refractivity contribution is 5.37. The highest BCUT2D eigenvalue weighted by Gasteiger charge is 2.27. The monoisotopic (exact) mass is 273 g/mol. The average Bonchev–Trinajstić information content (AvgIpc) is 2.48. The van der Waals surface area contributed by atoms with Gasteiger partial charge in [0.25, 0.3) is 0 Å². The third-order valence-electron chi connectivity index (χ3n) is 5.11. The molecule has 0 bridgehead atoms. The zero-order chi connectivity index (χ0) is 13.9. The molecular formula is C18H27NO. The minimum atomic E-state index is 0.487. The Labute approximate surface area is 122 Å². The maximum atomic E-state index is 5.75. The van der Waals surface area contributed by atoms with Gasteiger partial charge in [0.1, 0.15) is 5.75 Å². The minimum absolute atomic E-state index is 0.487. The van der Waals surface area contributed by atoms with E-state index in [0.717, 1.165) is 30.6 Å². The zero-order valence-corrected chi connectivity index (χ0v) is 12.8. The Morgan fingerprint density at radius 1 is 1.05 bits per heavy atom. The van der Waals surface area contributed by atoms with Crippen molar-refractivity contribution < 1.29 is 4.74 Å². The van der Waals surface area contributed by atoms with Crippen molar-refractivity contribution in [2.45, 2.75) is 58.0 Å². The second-order valence-corrected chi connectivity index (χ2v) is 6.75. The van der Waals surface area contributed by atoms with Gasteiger partial charge in [-0.25, -0.2) is 0 Å². The molecule has 1 saturated carbocycles. The van der Waals surface area contributed by atoms with Crippen molar-refractivity contribution in [3.05, 3.63) is 29.8 Å². The second kappa shape index (κ2) is 6.17. The molecule has 0 aromatic heterocycles. The Balaban J connectivity index is 1.60. The van der Waals surface area contributed by atoms with Crippen molar-refractivity contribution in [1.82, 2.24) is 5.32 Å². The molecule has 1 aliphatic heterocycles. The summed E-state index contributed by atoms with van der Waals surface area (Å²) in [6.07, 6.45) is 6.55. The first-order valence-electron chi connectivity index (χ1n) is 8.22. The van der Waals surface area contributed by atoms with Gasteiger partial charge in [0.2, 0.25) is 0 Å². The lowest BCUT2D eigenvalue weighted by molar-refractivity contribution is 0.203. The smallest absolute Gasteiger partial charge is 0.124 e. The number of ether oxygens (including phenoxy) is 1. The summed E-state index contributed by atoms with van der Waals surface area (Å²) in [4.78, 5) is 0. The molecule has 1 aromatic rings. The predicted octanol–water partition coefficient (Wildman–Crippen LogP) is 4.31. The van der Waals surface area contributed by atoms with Gasteiger partial charge in [0.15, 0.2) is 0 Å². The quantitative estimate of drug-likeness (QED) is 0.886. The Hall–Kier alpha value is -1.02. The van der Waals surface area contributed by atoms with Crippen LogP contribution in [0.3, 0.4) is 0 Å². The average molecular weight is 273 g/mol. The van der Waals surface area contributed by atoms with Crippen LogP contribution in [0.5, 0.6) is 5.75 Å². The zero-order valence-electron chi connectivity index (χ0n) is 12.8. The maximum Gasteiger partial charge on any atom is 0.124 e. The summed E-state index contributed by atoms with van der Waals surface area (Å²) < 4.78 is 5.75. The Morgan fingerprint density at radius 2 is 1.80 bits per heavy atom. The highest BCUT2D eigenvalue weighted by Crippen LogP contribution is 2.35. The van der Waals surface area contributed by atoms with Crippen LogP contribution in [0.25, 0.3) is 0 Å². The fraction of sp³-hybridized carbons (Fsp3) is 0.667. The number of benzene rings is 1. The molecule has 1 aliphatic carbocycles. The molecule has 1 aromatic carbocycles. The number of hydrogen-bond acceptors (Lipinski definition) is 2. The lowest BCUT2D eigenvalue weighted by Gasteiger charge is -2.35. The van der Waals surface area contributed by atoms with E-state index in [4.69, 9.17) is 4.74 Å². The molecule has 1 atom stereocenters. The second-order valence-electron chi connectivity index (χ2n) is 6.75. The van der Waals surface area contributed by atoms with Gasteiger partial charge in [-0.15, -0.1) is 0 Å². The normalized spacial score (nSPS) is 29.9. The molecule has 2 heteroatoms. The summed E-state index contributed by atoms with van der Waals surface area (Å²) in [5.41, 5.74) is 1.35. The number of fused-ring (bicyclic) bond motifs is 1. The van der Waals surface area contributed by atoms with Crippen LogP contribution in [0.4, 0.5) is 0 Å². The van der Waals surface area contributed by atoms with E-state index in [9.17, 15) is 0 Å². The van der Waals surface area contributed by atoms with E-state index >= 15 is 0 Å². The van der Waals surface area contributed by atoms with Crippen LogP contribution < -0.4 is 10.1 Å². The Morgan fingerprint density at radius 3 is 2.55 bits per heavy atom. The lowest BCUT2D eigenvalue weighted by atomic mass is 9.79. The predicted molar refractivity (Wildman–Crippen MR) is 83.0 cm³/mol. The molecule has 3 rings (SSSR count). The third kappa shape index (κ3) is 3.01. The number of rotatable bonds is 3. The van der Waals surface area contributed by atoms with Crippen molar-refractivity contribution in [2.75, 3.05) is 6.61 Å². The van der Waals surface area contributed by atoms with Crippen molar-refractivity contribution in [1.29, 1.82) is 0 Å². The Bertz CT molecular complexity index is 435. The van der Waals surface area contributed by atoms with Gasteiger partial charge in [-0.1, -0.05) is 32.0 Å². The minimum Gasteiger partial charge on any atom is -0.493 e. The molecule has 0 radical (unpaired) electrons. The summed E-state index contributed by atoms with van der Waals surface area (Å²) in [6, 6.07) is 9.68. The van der Waals surface area contributed by atoms with Crippen LogP contribution in [0.2, 0.25) is 0 Å². The van der Waals surface area contributed by atoms with Crippen LogP contribution in [0.15, 0.2) is 24.3 Å². The highest BCUT2D eigenvalue weighted by atomic mass is 16.5. The Kier molecular flexibility index (Phi) is 4.30. The summed E-state index contributed by atoms with van der Waals surface area (Å²) >= 11 is 0. The number of para-hydroxylation sites is 1. The summed E-state index contributed by atoms with van der Waals surface area (Å²) in [7, 11) is 0. The van der Waals surface area contributed by atoms with E-state index < -0.39 is 0 Å². The third-order valence-corrected chi connectivity index (χ3v) is 5.11. The van der Waals surface area contributed by atoms with E-state index in [-0.39, 0.29) is 0 Å². The van der Waals surface area contributed by atoms with Crippen molar-refractivity contribution in [3.63, 3.8) is 0 Å².